The van der Waals surface area contributed by atoms with Crippen LogP contribution in [0.2, 0.25) is 0 Å². The van der Waals surface area contributed by atoms with Gasteiger partial charge in [-0.3, -0.25) is 9.59 Å². The number of rotatable bonds is 6. The van der Waals surface area contributed by atoms with Crippen LogP contribution in [0.1, 0.15) is 33.6 Å². The summed E-state index contributed by atoms with van der Waals surface area (Å²) in [5, 5.41) is -4.45. The Morgan fingerprint density at radius 2 is 1.64 bits per heavy atom. The Morgan fingerprint density at radius 3 is 2.29 bits per heavy atom. The smallest absolute Gasteiger partial charge is 0.475 e. The number of carbonyl (C=O) groups is 2. The first-order valence-corrected chi connectivity index (χ1v) is 8.93. The minimum Gasteiger partial charge on any atom is -0.497 e. The van der Waals surface area contributed by atoms with Gasteiger partial charge in [-0.1, -0.05) is 12.1 Å². The summed E-state index contributed by atoms with van der Waals surface area (Å²) in [6.07, 6.45) is -4.90. The number of ether oxygens (including phenoxy) is 2. The molecule has 148 valence electrons. The van der Waals surface area contributed by atoms with Crippen LogP contribution in [0.5, 0.6) is 11.5 Å². The van der Waals surface area contributed by atoms with Crippen LogP contribution in [0.15, 0.2) is 47.4 Å². The molecule has 0 spiro atoms. The molecule has 0 saturated carbocycles. The molecule has 9 heteroatoms. The molecule has 0 aliphatic carbocycles. The van der Waals surface area contributed by atoms with E-state index < -0.39 is 22.9 Å². The summed E-state index contributed by atoms with van der Waals surface area (Å²) in [7, 11) is 1.46. The fraction of sp³-hybridized carbons (Fsp3) is 0.263. The van der Waals surface area contributed by atoms with Crippen LogP contribution in [-0.2, 0) is 0 Å². The maximum absolute atomic E-state index is 13.4. The molecule has 0 unspecified atom stereocenters. The summed E-state index contributed by atoms with van der Waals surface area (Å²) in [4.78, 5) is 24.3. The van der Waals surface area contributed by atoms with Crippen LogP contribution >= 0.6 is 11.8 Å². The first kappa shape index (κ1) is 20.2. The van der Waals surface area contributed by atoms with E-state index in [2.05, 4.69) is 4.74 Å². The number of methoxy groups -OCH3 is 1. The minimum atomic E-state index is -4.64. The highest BCUT2D eigenvalue weighted by molar-refractivity contribution is 8.00. The van der Waals surface area contributed by atoms with Gasteiger partial charge < -0.3 is 9.47 Å². The van der Waals surface area contributed by atoms with Gasteiger partial charge in [-0.2, -0.15) is 17.6 Å². The van der Waals surface area contributed by atoms with E-state index in [4.69, 9.17) is 4.74 Å². The molecule has 0 atom stereocenters. The number of fused-ring (bicyclic) bond motifs is 1. The van der Waals surface area contributed by atoms with Crippen molar-refractivity contribution in [3.05, 3.63) is 53.6 Å². The zero-order valence-corrected chi connectivity index (χ0v) is 15.3. The number of halogens is 4. The third kappa shape index (κ3) is 3.99. The van der Waals surface area contributed by atoms with E-state index in [1.165, 1.54) is 13.2 Å². The molecule has 0 saturated heterocycles. The van der Waals surface area contributed by atoms with Crippen LogP contribution in [0.4, 0.5) is 17.6 Å². The molecule has 1 heterocycles. The molecule has 28 heavy (non-hydrogen) atoms. The summed E-state index contributed by atoms with van der Waals surface area (Å²) >= 11 is -0.363. The Balaban J connectivity index is 1.69. The molecule has 4 nitrogen and oxygen atoms in total. The molecular formula is C19H14F4O4S. The summed E-state index contributed by atoms with van der Waals surface area (Å²) < 4.78 is 62.5. The Morgan fingerprint density at radius 1 is 1.00 bits per heavy atom. The number of carbonyl (C=O) groups excluding carboxylic acids is 2. The second-order valence-electron chi connectivity index (χ2n) is 5.98. The van der Waals surface area contributed by atoms with Crippen molar-refractivity contribution >= 4 is 23.3 Å². The van der Waals surface area contributed by atoms with Crippen molar-refractivity contribution in [1.82, 2.24) is 0 Å². The molecule has 0 N–H and O–H groups in total. The fourth-order valence-corrected chi connectivity index (χ4v) is 3.39. The van der Waals surface area contributed by atoms with Gasteiger partial charge in [0.2, 0.25) is 0 Å². The van der Waals surface area contributed by atoms with Gasteiger partial charge in [-0.15, -0.1) is 0 Å². The lowest BCUT2D eigenvalue weighted by molar-refractivity contribution is -0.273. The lowest BCUT2D eigenvalue weighted by atomic mass is 10.0. The van der Waals surface area contributed by atoms with Crippen molar-refractivity contribution in [2.75, 3.05) is 7.11 Å². The molecule has 2 aromatic carbocycles. The van der Waals surface area contributed by atoms with Crippen molar-refractivity contribution in [2.45, 2.75) is 29.1 Å². The Bertz CT molecular complexity index is 930. The second-order valence-corrected chi connectivity index (χ2v) is 7.13. The van der Waals surface area contributed by atoms with E-state index in [0.717, 1.165) is 12.1 Å². The van der Waals surface area contributed by atoms with Gasteiger partial charge in [-0.05, 0) is 42.1 Å². The number of ketones is 2. The van der Waals surface area contributed by atoms with Gasteiger partial charge in [0.1, 0.15) is 11.5 Å². The first-order chi connectivity index (χ1) is 13.1. The number of hydrogen-bond acceptors (Lipinski definition) is 5. The maximum Gasteiger partial charge on any atom is 0.475 e. The van der Waals surface area contributed by atoms with Crippen molar-refractivity contribution in [3.63, 3.8) is 0 Å². The van der Waals surface area contributed by atoms with Crippen LogP contribution in [0.25, 0.3) is 0 Å². The number of alkyl halides is 4. The molecule has 2 aromatic rings. The summed E-state index contributed by atoms with van der Waals surface area (Å²) in [6.45, 7) is 0. The average Bonchev–Trinajstić information content (AvgIpc) is 2.65. The van der Waals surface area contributed by atoms with Crippen LogP contribution in [0.3, 0.4) is 0 Å². The lowest BCUT2D eigenvalue weighted by Gasteiger charge is -2.31. The molecule has 0 fully saturated rings. The molecule has 1 aliphatic rings. The number of benzene rings is 2. The SMILES string of the molecule is COc1cccc(C(=O)CCC(=O)c2ccc3c(c2)SC(F)(F)C(F)(F)O3)c1. The Hall–Kier alpha value is -2.55. The third-order valence-corrected chi connectivity index (χ3v) is 5.08. The van der Waals surface area contributed by atoms with E-state index in [-0.39, 0.29) is 40.8 Å². The predicted octanol–water partition coefficient (Wildman–Crippen LogP) is 5.21. The number of thioether (sulfide) groups is 1. The van der Waals surface area contributed by atoms with Crippen LogP contribution < -0.4 is 9.47 Å². The molecule has 0 bridgehead atoms. The molecule has 3 rings (SSSR count). The Kier molecular flexibility index (Phi) is 5.38. The number of Topliss-reactive ketones (excluding diaryl/α,β-unsaturated/α-hetero) is 2. The summed E-state index contributed by atoms with van der Waals surface area (Å²) in [6, 6.07) is 9.77. The molecule has 1 aliphatic heterocycles. The lowest BCUT2D eigenvalue weighted by Crippen LogP contribution is -2.45. The predicted molar refractivity (Wildman–Crippen MR) is 93.7 cm³/mol. The van der Waals surface area contributed by atoms with E-state index >= 15 is 0 Å². The summed E-state index contributed by atoms with van der Waals surface area (Å²) in [5.41, 5.74) is 0.415. The van der Waals surface area contributed by atoms with Crippen LogP contribution in [0, 0.1) is 0 Å². The largest absolute Gasteiger partial charge is 0.497 e. The minimum absolute atomic E-state index is 0.0364. The standard InChI is InChI=1S/C19H14F4O4S/c1-26-13-4-2-3-11(9-13)14(24)6-7-15(25)12-5-8-16-17(10-12)28-19(22,23)18(20,21)27-16/h2-5,8-10H,6-7H2,1H3. The summed E-state index contributed by atoms with van der Waals surface area (Å²) in [5.74, 6) is -0.680. The third-order valence-electron chi connectivity index (χ3n) is 4.05. The average molecular weight is 414 g/mol. The topological polar surface area (TPSA) is 52.6 Å². The van der Waals surface area contributed by atoms with Crippen LogP contribution in [-0.4, -0.2) is 30.0 Å². The maximum atomic E-state index is 13.4. The zero-order valence-electron chi connectivity index (χ0n) is 14.5. The normalized spacial score (nSPS) is 16.6. The van der Waals surface area contributed by atoms with Gasteiger partial charge in [0.25, 0.3) is 0 Å². The molecular weight excluding hydrogens is 400 g/mol. The molecule has 0 amide bonds. The van der Waals surface area contributed by atoms with Crippen molar-refractivity contribution < 1.29 is 36.6 Å². The van der Waals surface area contributed by atoms with Gasteiger partial charge in [0.05, 0.1) is 12.0 Å². The highest BCUT2D eigenvalue weighted by Crippen LogP contribution is 2.54. The van der Waals surface area contributed by atoms with Crippen molar-refractivity contribution in [1.29, 1.82) is 0 Å². The van der Waals surface area contributed by atoms with E-state index in [1.54, 1.807) is 24.3 Å². The first-order valence-electron chi connectivity index (χ1n) is 8.11. The zero-order chi connectivity index (χ0) is 20.5. The van der Waals surface area contributed by atoms with Gasteiger partial charge in [0.15, 0.2) is 11.6 Å². The highest BCUT2D eigenvalue weighted by Gasteiger charge is 2.63. The second kappa shape index (κ2) is 7.46. The monoisotopic (exact) mass is 414 g/mol. The van der Waals surface area contributed by atoms with E-state index in [0.29, 0.717) is 11.3 Å². The van der Waals surface area contributed by atoms with Gasteiger partial charge >= 0.3 is 11.4 Å². The Labute approximate surface area is 161 Å². The van der Waals surface area contributed by atoms with E-state index in [1.807, 2.05) is 0 Å². The van der Waals surface area contributed by atoms with Crippen molar-refractivity contribution in [3.8, 4) is 11.5 Å². The molecule has 0 aromatic heterocycles. The van der Waals surface area contributed by atoms with Crippen molar-refractivity contribution in [2.24, 2.45) is 0 Å². The highest BCUT2D eigenvalue weighted by atomic mass is 32.2. The fourth-order valence-electron chi connectivity index (χ4n) is 2.55. The quantitative estimate of drug-likeness (QED) is 0.480. The van der Waals surface area contributed by atoms with Gasteiger partial charge in [-0.25, -0.2) is 0 Å². The van der Waals surface area contributed by atoms with E-state index in [9.17, 15) is 27.2 Å². The van der Waals surface area contributed by atoms with Gasteiger partial charge in [0, 0.05) is 24.0 Å². The number of hydrogen-bond donors (Lipinski definition) is 0. The molecule has 0 radical (unpaired) electrons.